The third-order valence-corrected chi connectivity index (χ3v) is 2.30. The van der Waals surface area contributed by atoms with Crippen molar-refractivity contribution in [2.24, 2.45) is 5.73 Å². The maximum Gasteiger partial charge on any atom is 0.418 e. The topological polar surface area (TPSA) is 56.0 Å². The van der Waals surface area contributed by atoms with Crippen molar-refractivity contribution in [2.75, 3.05) is 0 Å². The van der Waals surface area contributed by atoms with Crippen molar-refractivity contribution in [3.63, 3.8) is 0 Å². The van der Waals surface area contributed by atoms with Crippen LogP contribution in [0.15, 0.2) is 6.20 Å². The number of carbonyl (C=O) groups excluding carboxylic acids is 1. The second-order valence-electron chi connectivity index (χ2n) is 3.18. The number of alkyl halides is 5. The molecule has 9 heteroatoms. The van der Waals surface area contributed by atoms with Gasteiger partial charge in [0.05, 0.1) is 22.4 Å². The van der Waals surface area contributed by atoms with Crippen LogP contribution in [0.3, 0.4) is 0 Å². The molecule has 100 valence electrons. The lowest BCUT2D eigenvalue weighted by Crippen LogP contribution is -2.18. The summed E-state index contributed by atoms with van der Waals surface area (Å²) >= 11 is 4.95. The molecule has 0 aliphatic rings. The fraction of sp³-hybridized carbons (Fsp3) is 0.333. The van der Waals surface area contributed by atoms with Gasteiger partial charge in [-0.3, -0.25) is 9.78 Å². The summed E-state index contributed by atoms with van der Waals surface area (Å²) in [5.41, 5.74) is 0.515. The van der Waals surface area contributed by atoms with Crippen molar-refractivity contribution in [3.8, 4) is 0 Å². The van der Waals surface area contributed by atoms with Crippen LogP contribution in [-0.2, 0) is 12.7 Å². The number of pyridine rings is 1. The number of halogens is 6. The quantitative estimate of drug-likeness (QED) is 0.687. The number of carbonyl (C=O) groups is 1. The van der Waals surface area contributed by atoms with Gasteiger partial charge in [-0.2, -0.15) is 13.2 Å². The summed E-state index contributed by atoms with van der Waals surface area (Å²) in [6, 6.07) is 0. The molecule has 0 aliphatic heterocycles. The van der Waals surface area contributed by atoms with E-state index in [0.29, 0.717) is 0 Å². The largest absolute Gasteiger partial charge is 0.418 e. The molecule has 0 bridgehead atoms. The van der Waals surface area contributed by atoms with E-state index < -0.39 is 46.8 Å². The van der Waals surface area contributed by atoms with E-state index in [-0.39, 0.29) is 6.20 Å². The molecule has 0 fully saturated rings. The van der Waals surface area contributed by atoms with Gasteiger partial charge in [0.2, 0.25) is 0 Å². The molecule has 0 spiro atoms. The van der Waals surface area contributed by atoms with Crippen molar-refractivity contribution < 1.29 is 26.7 Å². The van der Waals surface area contributed by atoms with E-state index in [1.807, 2.05) is 0 Å². The van der Waals surface area contributed by atoms with Crippen molar-refractivity contribution in [3.05, 3.63) is 28.6 Å². The second-order valence-corrected chi connectivity index (χ2v) is 3.53. The number of nitrogens with two attached hydrogens (primary N) is 1. The first kappa shape index (κ1) is 14.8. The first-order valence-corrected chi connectivity index (χ1v) is 4.85. The molecule has 1 rings (SSSR count). The minimum atomic E-state index is -5.01. The Labute approximate surface area is 103 Å². The monoisotopic (exact) mass is 288 g/mol. The molecule has 0 saturated carbocycles. The third-order valence-electron chi connectivity index (χ3n) is 2.11. The van der Waals surface area contributed by atoms with Gasteiger partial charge < -0.3 is 5.73 Å². The van der Waals surface area contributed by atoms with E-state index in [2.05, 4.69) is 4.98 Å². The Balaban J connectivity index is 3.68. The van der Waals surface area contributed by atoms with Gasteiger partial charge in [-0.15, -0.1) is 0 Å². The zero-order valence-corrected chi connectivity index (χ0v) is 9.32. The molecule has 3 nitrogen and oxygen atoms in total. The van der Waals surface area contributed by atoms with Crippen LogP contribution in [0.4, 0.5) is 22.0 Å². The van der Waals surface area contributed by atoms with Gasteiger partial charge in [0, 0.05) is 12.7 Å². The lowest BCUT2D eigenvalue weighted by molar-refractivity contribution is -0.138. The van der Waals surface area contributed by atoms with Crippen molar-refractivity contribution in [1.29, 1.82) is 0 Å². The molecule has 0 unspecified atom stereocenters. The van der Waals surface area contributed by atoms with Gasteiger partial charge in [-0.1, -0.05) is 0 Å². The molecule has 0 saturated heterocycles. The van der Waals surface area contributed by atoms with Crippen LogP contribution in [0.25, 0.3) is 0 Å². The maximum atomic E-state index is 12.7. The van der Waals surface area contributed by atoms with Crippen LogP contribution >= 0.6 is 11.6 Å². The van der Waals surface area contributed by atoms with Gasteiger partial charge in [0.1, 0.15) is 0 Å². The average Bonchev–Trinajstić information content (AvgIpc) is 2.25. The SMILES string of the molecule is NCc1ncc(C(F)(F)F)c(C(=O)Cl)c1C(F)F. The molecule has 0 aliphatic carbocycles. The van der Waals surface area contributed by atoms with E-state index in [1.54, 1.807) is 0 Å². The van der Waals surface area contributed by atoms with E-state index >= 15 is 0 Å². The van der Waals surface area contributed by atoms with Crippen molar-refractivity contribution in [2.45, 2.75) is 19.1 Å². The first-order valence-electron chi connectivity index (χ1n) is 4.47. The summed E-state index contributed by atoms with van der Waals surface area (Å²) in [4.78, 5) is 14.2. The lowest BCUT2D eigenvalue weighted by atomic mass is 10.0. The summed E-state index contributed by atoms with van der Waals surface area (Å²) < 4.78 is 63.1. The van der Waals surface area contributed by atoms with Crippen LogP contribution in [0.1, 0.15) is 33.6 Å². The predicted octanol–water partition coefficient (Wildman–Crippen LogP) is 2.88. The summed E-state index contributed by atoms with van der Waals surface area (Å²) in [5.74, 6) is 0. The van der Waals surface area contributed by atoms with Gasteiger partial charge in [-0.05, 0) is 11.6 Å². The zero-order chi connectivity index (χ0) is 14.1. The minimum Gasteiger partial charge on any atom is -0.325 e. The summed E-state index contributed by atoms with van der Waals surface area (Å²) in [5, 5.41) is -1.63. The van der Waals surface area contributed by atoms with E-state index in [0.717, 1.165) is 0 Å². The highest BCUT2D eigenvalue weighted by atomic mass is 35.5. The van der Waals surface area contributed by atoms with Crippen molar-refractivity contribution >= 4 is 16.8 Å². The molecular weight excluding hydrogens is 283 g/mol. The van der Waals surface area contributed by atoms with Crippen LogP contribution in [0, 0.1) is 0 Å². The highest BCUT2D eigenvalue weighted by Crippen LogP contribution is 2.37. The number of aromatic nitrogens is 1. The molecule has 1 heterocycles. The fourth-order valence-electron chi connectivity index (χ4n) is 1.39. The molecular formula is C9H6ClF5N2O. The number of hydrogen-bond donors (Lipinski definition) is 1. The fourth-order valence-corrected chi connectivity index (χ4v) is 1.59. The third kappa shape index (κ3) is 2.75. The van der Waals surface area contributed by atoms with Crippen LogP contribution in [0.5, 0.6) is 0 Å². The van der Waals surface area contributed by atoms with Crippen LogP contribution in [-0.4, -0.2) is 10.2 Å². The standard InChI is InChI=1S/C9H6ClF5N2O/c10-7(18)5-3(9(13,14)15)2-17-4(1-16)6(5)8(11)12/h2,8H,1,16H2. The first-order chi connectivity index (χ1) is 8.20. The summed E-state index contributed by atoms with van der Waals surface area (Å²) in [7, 11) is 0. The smallest absolute Gasteiger partial charge is 0.325 e. The number of rotatable bonds is 3. The van der Waals surface area contributed by atoms with Crippen molar-refractivity contribution in [1.82, 2.24) is 4.98 Å². The van der Waals surface area contributed by atoms with E-state index in [1.165, 1.54) is 0 Å². The molecule has 0 atom stereocenters. The van der Waals surface area contributed by atoms with Crippen LogP contribution < -0.4 is 5.73 Å². The highest BCUT2D eigenvalue weighted by Gasteiger charge is 2.39. The van der Waals surface area contributed by atoms with Gasteiger partial charge in [0.25, 0.3) is 11.7 Å². The Morgan fingerprint density at radius 1 is 1.44 bits per heavy atom. The summed E-state index contributed by atoms with van der Waals surface area (Å²) in [6.45, 7) is -0.533. The Hall–Kier alpha value is -1.28. The predicted molar refractivity (Wildman–Crippen MR) is 52.3 cm³/mol. The average molecular weight is 289 g/mol. The lowest BCUT2D eigenvalue weighted by Gasteiger charge is -2.16. The molecule has 0 amide bonds. The maximum absolute atomic E-state index is 12.7. The Morgan fingerprint density at radius 3 is 2.33 bits per heavy atom. The molecule has 0 radical (unpaired) electrons. The van der Waals surface area contributed by atoms with Gasteiger partial charge in [0.15, 0.2) is 0 Å². The van der Waals surface area contributed by atoms with E-state index in [9.17, 15) is 26.7 Å². The zero-order valence-electron chi connectivity index (χ0n) is 8.56. The molecule has 18 heavy (non-hydrogen) atoms. The molecule has 2 N–H and O–H groups in total. The Kier molecular flexibility index (Phi) is 4.23. The molecule has 0 aromatic carbocycles. The highest BCUT2D eigenvalue weighted by molar-refractivity contribution is 6.68. The summed E-state index contributed by atoms with van der Waals surface area (Å²) in [6.07, 6.45) is -8.08. The minimum absolute atomic E-state index is 0.268. The number of hydrogen-bond acceptors (Lipinski definition) is 3. The second kappa shape index (κ2) is 5.15. The number of nitrogens with zero attached hydrogens (tertiary/aromatic N) is 1. The normalized spacial score (nSPS) is 12.0. The van der Waals surface area contributed by atoms with Gasteiger partial charge in [-0.25, -0.2) is 8.78 Å². The van der Waals surface area contributed by atoms with Gasteiger partial charge >= 0.3 is 6.18 Å². The Bertz CT molecular complexity index is 475. The van der Waals surface area contributed by atoms with Crippen LogP contribution in [0.2, 0.25) is 0 Å². The van der Waals surface area contributed by atoms with E-state index in [4.69, 9.17) is 17.3 Å². The molecule has 1 aromatic heterocycles. The molecule has 1 aromatic rings. The Morgan fingerprint density at radius 2 is 2.00 bits per heavy atom.